The molecule has 0 radical (unpaired) electrons. The van der Waals surface area contributed by atoms with Crippen molar-refractivity contribution in [2.75, 3.05) is 23.0 Å². The van der Waals surface area contributed by atoms with Crippen molar-refractivity contribution < 1.29 is 4.79 Å². The highest BCUT2D eigenvalue weighted by molar-refractivity contribution is 7.10. The topological polar surface area (TPSA) is 58.4 Å². The van der Waals surface area contributed by atoms with E-state index in [4.69, 9.17) is 5.73 Å². The van der Waals surface area contributed by atoms with E-state index in [1.807, 2.05) is 35.7 Å². The van der Waals surface area contributed by atoms with E-state index < -0.39 is 0 Å². The number of nitrogen functional groups attached to an aromatic ring is 1. The average Bonchev–Trinajstić information content (AvgIpc) is 3.08. The van der Waals surface area contributed by atoms with Gasteiger partial charge in [0.1, 0.15) is 0 Å². The molecular weight excluding hydrogens is 318 g/mol. The Balaban J connectivity index is 1.64. The van der Waals surface area contributed by atoms with Crippen molar-refractivity contribution in [3.05, 3.63) is 40.6 Å². The molecule has 1 aromatic heterocycles. The first kappa shape index (κ1) is 16.8. The van der Waals surface area contributed by atoms with Crippen LogP contribution in [0.2, 0.25) is 0 Å². The minimum atomic E-state index is -0.00904. The molecule has 5 heteroatoms. The van der Waals surface area contributed by atoms with Crippen molar-refractivity contribution in [2.45, 2.75) is 44.6 Å². The Morgan fingerprint density at radius 1 is 1.29 bits per heavy atom. The van der Waals surface area contributed by atoms with Gasteiger partial charge in [-0.3, -0.25) is 4.79 Å². The lowest BCUT2D eigenvalue weighted by Gasteiger charge is -2.33. The van der Waals surface area contributed by atoms with Gasteiger partial charge in [0.05, 0.1) is 17.8 Å². The molecule has 1 heterocycles. The van der Waals surface area contributed by atoms with Crippen LogP contribution in [0.25, 0.3) is 0 Å². The van der Waals surface area contributed by atoms with Gasteiger partial charge in [-0.05, 0) is 42.5 Å². The van der Waals surface area contributed by atoms with Crippen molar-refractivity contribution in [2.24, 2.45) is 0 Å². The molecule has 1 aromatic carbocycles. The van der Waals surface area contributed by atoms with Crippen molar-refractivity contribution in [1.29, 1.82) is 0 Å². The molecule has 4 nitrogen and oxygen atoms in total. The fourth-order valence-electron chi connectivity index (χ4n) is 3.40. The van der Waals surface area contributed by atoms with Crippen LogP contribution in [0.3, 0.4) is 0 Å². The average molecular weight is 343 g/mol. The number of rotatable bonds is 5. The summed E-state index contributed by atoms with van der Waals surface area (Å²) in [6.45, 7) is 0. The largest absolute Gasteiger partial charge is 0.397 e. The summed E-state index contributed by atoms with van der Waals surface area (Å²) >= 11 is 1.59. The molecule has 0 spiro atoms. The highest BCUT2D eigenvalue weighted by Gasteiger charge is 2.20. The standard InChI is InChI=1S/C19H25N3OS/c1-22(15-6-3-2-4-7-15)18-10-9-14(12-17(18)20)21-19(23)13-16-8-5-11-24-16/h5,8-12,15H,2-4,6-7,13,20H2,1H3,(H,21,23). The monoisotopic (exact) mass is 343 g/mol. The van der Waals surface area contributed by atoms with Crippen molar-refractivity contribution >= 4 is 34.3 Å². The molecule has 0 unspecified atom stereocenters. The number of hydrogen-bond donors (Lipinski definition) is 2. The zero-order valence-corrected chi connectivity index (χ0v) is 14.9. The first-order valence-electron chi connectivity index (χ1n) is 8.58. The van der Waals surface area contributed by atoms with Crippen LogP contribution in [0.5, 0.6) is 0 Å². The van der Waals surface area contributed by atoms with E-state index in [1.54, 1.807) is 11.3 Å². The number of hydrogen-bond acceptors (Lipinski definition) is 4. The van der Waals surface area contributed by atoms with Crippen LogP contribution in [-0.4, -0.2) is 19.0 Å². The zero-order valence-electron chi connectivity index (χ0n) is 14.1. The van der Waals surface area contributed by atoms with Crippen molar-refractivity contribution in [1.82, 2.24) is 0 Å². The lowest BCUT2D eigenvalue weighted by atomic mass is 9.94. The number of benzene rings is 1. The maximum absolute atomic E-state index is 12.1. The van der Waals surface area contributed by atoms with Crippen molar-refractivity contribution in [3.63, 3.8) is 0 Å². The van der Waals surface area contributed by atoms with Crippen LogP contribution in [0, 0.1) is 0 Å². The Morgan fingerprint density at radius 3 is 2.75 bits per heavy atom. The van der Waals surface area contributed by atoms with Crippen molar-refractivity contribution in [3.8, 4) is 0 Å². The van der Waals surface area contributed by atoms with Gasteiger partial charge in [0.15, 0.2) is 0 Å². The Bertz CT molecular complexity index is 678. The van der Waals surface area contributed by atoms with E-state index in [2.05, 4.69) is 17.3 Å². The number of nitrogens with one attached hydrogen (secondary N) is 1. The Morgan fingerprint density at radius 2 is 2.08 bits per heavy atom. The van der Waals surface area contributed by atoms with Gasteiger partial charge in [-0.2, -0.15) is 0 Å². The van der Waals surface area contributed by atoms with Gasteiger partial charge in [0.2, 0.25) is 5.91 Å². The van der Waals surface area contributed by atoms with Gasteiger partial charge in [0.25, 0.3) is 0 Å². The summed E-state index contributed by atoms with van der Waals surface area (Å²) in [6, 6.07) is 10.3. The van der Waals surface area contributed by atoms with Crippen LogP contribution in [-0.2, 0) is 11.2 Å². The van der Waals surface area contributed by atoms with E-state index in [9.17, 15) is 4.79 Å². The van der Waals surface area contributed by atoms with Gasteiger partial charge >= 0.3 is 0 Å². The molecular formula is C19H25N3OS. The second kappa shape index (κ2) is 7.71. The molecule has 0 aliphatic heterocycles. The SMILES string of the molecule is CN(c1ccc(NC(=O)Cc2cccs2)cc1N)C1CCCCC1. The molecule has 3 rings (SSSR count). The molecule has 0 bridgehead atoms. The highest BCUT2D eigenvalue weighted by atomic mass is 32.1. The lowest BCUT2D eigenvalue weighted by molar-refractivity contribution is -0.115. The summed E-state index contributed by atoms with van der Waals surface area (Å²) in [4.78, 5) is 15.5. The number of anilines is 3. The third-order valence-corrected chi connectivity index (χ3v) is 5.60. The van der Waals surface area contributed by atoms with E-state index in [0.29, 0.717) is 12.5 Å². The lowest BCUT2D eigenvalue weighted by Crippen LogP contribution is -2.33. The second-order valence-electron chi connectivity index (χ2n) is 6.48. The maximum atomic E-state index is 12.1. The first-order chi connectivity index (χ1) is 11.6. The van der Waals surface area contributed by atoms with E-state index in [0.717, 1.165) is 21.9 Å². The van der Waals surface area contributed by atoms with Gasteiger partial charge in [0, 0.05) is 23.7 Å². The van der Waals surface area contributed by atoms with Crippen LogP contribution >= 0.6 is 11.3 Å². The number of nitrogens with two attached hydrogens (primary N) is 1. The van der Waals surface area contributed by atoms with Crippen LogP contribution in [0.15, 0.2) is 35.7 Å². The molecule has 0 saturated heterocycles. The summed E-state index contributed by atoms with van der Waals surface area (Å²) in [7, 11) is 2.12. The number of carbonyl (C=O) groups excluding carboxylic acids is 1. The Kier molecular flexibility index (Phi) is 5.41. The molecule has 24 heavy (non-hydrogen) atoms. The highest BCUT2D eigenvalue weighted by Crippen LogP contribution is 2.31. The van der Waals surface area contributed by atoms with Crippen LogP contribution in [0.1, 0.15) is 37.0 Å². The first-order valence-corrected chi connectivity index (χ1v) is 9.46. The van der Waals surface area contributed by atoms with Crippen LogP contribution < -0.4 is 16.0 Å². The van der Waals surface area contributed by atoms with Gasteiger partial charge in [-0.15, -0.1) is 11.3 Å². The van der Waals surface area contributed by atoms with E-state index in [-0.39, 0.29) is 5.91 Å². The Hall–Kier alpha value is -2.01. The quantitative estimate of drug-likeness (QED) is 0.797. The van der Waals surface area contributed by atoms with Gasteiger partial charge in [-0.1, -0.05) is 25.3 Å². The molecule has 2 aromatic rings. The second-order valence-corrected chi connectivity index (χ2v) is 7.51. The summed E-state index contributed by atoms with van der Waals surface area (Å²) < 4.78 is 0. The summed E-state index contributed by atoms with van der Waals surface area (Å²) in [6.07, 6.45) is 6.80. The zero-order chi connectivity index (χ0) is 16.9. The minimum Gasteiger partial charge on any atom is -0.397 e. The third-order valence-electron chi connectivity index (χ3n) is 4.73. The molecule has 3 N–H and O–H groups in total. The molecule has 128 valence electrons. The molecule has 1 aliphatic carbocycles. The molecule has 1 amide bonds. The predicted octanol–water partition coefficient (Wildman–Crippen LogP) is 4.28. The molecule has 1 saturated carbocycles. The van der Waals surface area contributed by atoms with E-state index in [1.165, 1.54) is 32.1 Å². The normalized spacial score (nSPS) is 15.2. The maximum Gasteiger partial charge on any atom is 0.229 e. The van der Waals surface area contributed by atoms with Gasteiger partial charge < -0.3 is 16.0 Å². The molecule has 1 fully saturated rings. The third kappa shape index (κ3) is 4.09. The number of thiophene rings is 1. The summed E-state index contributed by atoms with van der Waals surface area (Å²) in [5, 5.41) is 4.92. The smallest absolute Gasteiger partial charge is 0.229 e. The Labute approximate surface area is 147 Å². The van der Waals surface area contributed by atoms with Crippen LogP contribution in [0.4, 0.5) is 17.1 Å². The molecule has 0 atom stereocenters. The summed E-state index contributed by atoms with van der Waals surface area (Å²) in [5.74, 6) is -0.00904. The number of nitrogens with zero attached hydrogens (tertiary/aromatic N) is 1. The summed E-state index contributed by atoms with van der Waals surface area (Å²) in [5.41, 5.74) is 8.78. The fraction of sp³-hybridized carbons (Fsp3) is 0.421. The number of carbonyl (C=O) groups is 1. The minimum absolute atomic E-state index is 0.00904. The number of amides is 1. The van der Waals surface area contributed by atoms with E-state index >= 15 is 0 Å². The van der Waals surface area contributed by atoms with Gasteiger partial charge in [-0.25, -0.2) is 0 Å². The predicted molar refractivity (Wildman–Crippen MR) is 103 cm³/mol. The fourth-order valence-corrected chi connectivity index (χ4v) is 4.10. The molecule has 1 aliphatic rings.